The molecule has 1 saturated heterocycles. The fourth-order valence-corrected chi connectivity index (χ4v) is 3.69. The summed E-state index contributed by atoms with van der Waals surface area (Å²) in [7, 11) is 0. The quantitative estimate of drug-likeness (QED) is 0.841. The third-order valence-electron chi connectivity index (χ3n) is 5.47. The predicted molar refractivity (Wildman–Crippen MR) is 99.7 cm³/mol. The summed E-state index contributed by atoms with van der Waals surface area (Å²) in [6, 6.07) is 9.95. The van der Waals surface area contributed by atoms with Gasteiger partial charge in [0, 0.05) is 36.5 Å². The van der Waals surface area contributed by atoms with Gasteiger partial charge in [0.15, 0.2) is 0 Å². The van der Waals surface area contributed by atoms with Gasteiger partial charge in [-0.05, 0) is 55.5 Å². The van der Waals surface area contributed by atoms with Crippen LogP contribution in [0.5, 0.6) is 0 Å². The van der Waals surface area contributed by atoms with Crippen LogP contribution in [0.15, 0.2) is 42.6 Å². The SMILES string of the molecule is O=C(NC[C@@H]1CCN(C2CC2)C1)c1ccc(-c2ccc(C(F)(F)F)nc2)cc1. The van der Waals surface area contributed by atoms with Crippen molar-refractivity contribution in [2.24, 2.45) is 5.92 Å². The number of benzene rings is 1. The molecule has 2 aliphatic rings. The molecule has 2 aromatic rings. The van der Waals surface area contributed by atoms with E-state index in [9.17, 15) is 18.0 Å². The number of nitrogens with one attached hydrogen (secondary N) is 1. The Morgan fingerprint density at radius 3 is 2.39 bits per heavy atom. The molecule has 28 heavy (non-hydrogen) atoms. The Kier molecular flexibility index (Phi) is 5.10. The monoisotopic (exact) mass is 389 g/mol. The Bertz CT molecular complexity index is 829. The first-order chi connectivity index (χ1) is 13.4. The number of aromatic nitrogens is 1. The number of halogens is 3. The molecular weight excluding hydrogens is 367 g/mol. The van der Waals surface area contributed by atoms with E-state index < -0.39 is 11.9 Å². The number of pyridine rings is 1. The molecule has 148 valence electrons. The molecule has 7 heteroatoms. The van der Waals surface area contributed by atoms with Crippen LogP contribution >= 0.6 is 0 Å². The Hall–Kier alpha value is -2.41. The zero-order valence-corrected chi connectivity index (χ0v) is 15.4. The summed E-state index contributed by atoms with van der Waals surface area (Å²) in [5.74, 6) is 0.379. The molecule has 1 aliphatic carbocycles. The zero-order chi connectivity index (χ0) is 19.7. The first-order valence-electron chi connectivity index (χ1n) is 9.56. The third-order valence-corrected chi connectivity index (χ3v) is 5.47. The van der Waals surface area contributed by atoms with Crippen LogP contribution < -0.4 is 5.32 Å². The number of amides is 1. The molecule has 0 bridgehead atoms. The van der Waals surface area contributed by atoms with Gasteiger partial charge < -0.3 is 10.2 Å². The number of likely N-dealkylation sites (tertiary alicyclic amines) is 1. The largest absolute Gasteiger partial charge is 0.433 e. The van der Waals surface area contributed by atoms with E-state index in [-0.39, 0.29) is 5.91 Å². The first kappa shape index (κ1) is 18.9. The van der Waals surface area contributed by atoms with Crippen molar-refractivity contribution in [3.8, 4) is 11.1 Å². The lowest BCUT2D eigenvalue weighted by Gasteiger charge is -2.15. The van der Waals surface area contributed by atoms with Gasteiger partial charge in [-0.3, -0.25) is 9.78 Å². The van der Waals surface area contributed by atoms with Gasteiger partial charge in [0.1, 0.15) is 5.69 Å². The number of nitrogens with zero attached hydrogens (tertiary/aromatic N) is 2. The van der Waals surface area contributed by atoms with Crippen molar-refractivity contribution < 1.29 is 18.0 Å². The summed E-state index contributed by atoms with van der Waals surface area (Å²) in [6.07, 6.45) is 0.482. The van der Waals surface area contributed by atoms with Crippen LogP contribution in [-0.4, -0.2) is 41.5 Å². The number of alkyl halides is 3. The van der Waals surface area contributed by atoms with E-state index in [0.29, 0.717) is 29.2 Å². The molecule has 0 radical (unpaired) electrons. The highest BCUT2D eigenvalue weighted by Gasteiger charge is 2.34. The van der Waals surface area contributed by atoms with Gasteiger partial charge in [0.05, 0.1) is 0 Å². The van der Waals surface area contributed by atoms with Crippen molar-refractivity contribution >= 4 is 5.91 Å². The van der Waals surface area contributed by atoms with Crippen LogP contribution in [0.3, 0.4) is 0 Å². The van der Waals surface area contributed by atoms with Crippen LogP contribution in [0, 0.1) is 5.92 Å². The van der Waals surface area contributed by atoms with Crippen molar-refractivity contribution in [2.75, 3.05) is 19.6 Å². The molecule has 4 nitrogen and oxygen atoms in total. The second kappa shape index (κ2) is 7.54. The lowest BCUT2D eigenvalue weighted by Crippen LogP contribution is -2.31. The molecule has 1 saturated carbocycles. The molecule has 1 aliphatic heterocycles. The van der Waals surface area contributed by atoms with Gasteiger partial charge in [0.2, 0.25) is 0 Å². The number of rotatable bonds is 5. The topological polar surface area (TPSA) is 45.2 Å². The van der Waals surface area contributed by atoms with E-state index in [1.54, 1.807) is 24.3 Å². The lowest BCUT2D eigenvalue weighted by molar-refractivity contribution is -0.141. The molecule has 2 fully saturated rings. The average molecular weight is 389 g/mol. The van der Waals surface area contributed by atoms with Gasteiger partial charge in [-0.1, -0.05) is 18.2 Å². The minimum Gasteiger partial charge on any atom is -0.352 e. The molecule has 1 aromatic heterocycles. The second-order valence-electron chi connectivity index (χ2n) is 7.60. The van der Waals surface area contributed by atoms with E-state index in [2.05, 4.69) is 15.2 Å². The smallest absolute Gasteiger partial charge is 0.352 e. The van der Waals surface area contributed by atoms with Crippen LogP contribution in [0.1, 0.15) is 35.3 Å². The summed E-state index contributed by atoms with van der Waals surface area (Å²) in [4.78, 5) is 18.4. The third kappa shape index (κ3) is 4.35. The van der Waals surface area contributed by atoms with Crippen molar-refractivity contribution in [3.63, 3.8) is 0 Å². The highest BCUT2D eigenvalue weighted by atomic mass is 19.4. The summed E-state index contributed by atoms with van der Waals surface area (Å²) in [6.45, 7) is 2.86. The fraction of sp³-hybridized carbons (Fsp3) is 0.429. The molecule has 0 spiro atoms. The summed E-state index contributed by atoms with van der Waals surface area (Å²) >= 11 is 0. The Balaban J connectivity index is 1.33. The minimum absolute atomic E-state index is 0.123. The fourth-order valence-electron chi connectivity index (χ4n) is 3.69. The maximum absolute atomic E-state index is 12.6. The van der Waals surface area contributed by atoms with Gasteiger partial charge in [-0.15, -0.1) is 0 Å². The van der Waals surface area contributed by atoms with E-state index >= 15 is 0 Å². The normalized spacial score (nSPS) is 20.3. The average Bonchev–Trinajstić information content (AvgIpc) is 3.44. The van der Waals surface area contributed by atoms with Crippen molar-refractivity contribution in [1.82, 2.24) is 15.2 Å². The van der Waals surface area contributed by atoms with Gasteiger partial charge >= 0.3 is 6.18 Å². The molecule has 2 heterocycles. The summed E-state index contributed by atoms with van der Waals surface area (Å²) in [5, 5.41) is 3.00. The van der Waals surface area contributed by atoms with E-state index in [1.807, 2.05) is 0 Å². The highest BCUT2D eigenvalue weighted by molar-refractivity contribution is 5.94. The molecule has 1 amide bonds. The summed E-state index contributed by atoms with van der Waals surface area (Å²) < 4.78 is 37.8. The standard InChI is InChI=1S/C21H22F3N3O/c22-21(23,24)19-8-5-17(12-25-19)15-1-3-16(4-2-15)20(28)26-11-14-9-10-27(13-14)18-6-7-18/h1-5,8,12,14,18H,6-7,9-11,13H2,(H,26,28)/t14-/m0/s1. The highest BCUT2D eigenvalue weighted by Crippen LogP contribution is 2.31. The molecule has 0 unspecified atom stereocenters. The van der Waals surface area contributed by atoms with Crippen molar-refractivity contribution in [1.29, 1.82) is 0 Å². The lowest BCUT2D eigenvalue weighted by atomic mass is 10.0. The first-order valence-corrected chi connectivity index (χ1v) is 9.56. The maximum atomic E-state index is 12.6. The van der Waals surface area contributed by atoms with Crippen LogP contribution in [0.2, 0.25) is 0 Å². The Labute approximate surface area is 161 Å². The van der Waals surface area contributed by atoms with Crippen LogP contribution in [0.25, 0.3) is 11.1 Å². The number of hydrogen-bond donors (Lipinski definition) is 1. The maximum Gasteiger partial charge on any atom is 0.433 e. The molecule has 1 aromatic carbocycles. The molecule has 4 rings (SSSR count). The number of hydrogen-bond acceptors (Lipinski definition) is 3. The molecule has 1 N–H and O–H groups in total. The molecule has 1 atom stereocenters. The van der Waals surface area contributed by atoms with Crippen molar-refractivity contribution in [2.45, 2.75) is 31.5 Å². The van der Waals surface area contributed by atoms with Crippen LogP contribution in [0.4, 0.5) is 13.2 Å². The van der Waals surface area contributed by atoms with E-state index in [1.165, 1.54) is 25.1 Å². The van der Waals surface area contributed by atoms with Gasteiger partial charge in [-0.2, -0.15) is 13.2 Å². The van der Waals surface area contributed by atoms with Gasteiger partial charge in [-0.25, -0.2) is 0 Å². The predicted octanol–water partition coefficient (Wildman–Crippen LogP) is 3.98. The van der Waals surface area contributed by atoms with E-state index in [0.717, 1.165) is 31.6 Å². The number of carbonyl (C=O) groups is 1. The van der Waals surface area contributed by atoms with Crippen LogP contribution in [-0.2, 0) is 6.18 Å². The molecular formula is C21H22F3N3O. The Morgan fingerprint density at radius 2 is 1.79 bits per heavy atom. The Morgan fingerprint density at radius 1 is 1.07 bits per heavy atom. The van der Waals surface area contributed by atoms with Gasteiger partial charge in [0.25, 0.3) is 5.91 Å². The van der Waals surface area contributed by atoms with Crippen molar-refractivity contribution in [3.05, 3.63) is 53.9 Å². The van der Waals surface area contributed by atoms with E-state index in [4.69, 9.17) is 0 Å². The second-order valence-corrected chi connectivity index (χ2v) is 7.60. The number of carbonyl (C=O) groups excluding carboxylic acids is 1. The summed E-state index contributed by atoms with van der Waals surface area (Å²) in [5.41, 5.74) is 0.916. The minimum atomic E-state index is -4.45. The zero-order valence-electron chi connectivity index (χ0n) is 15.4.